The molecule has 0 aliphatic heterocycles. The summed E-state index contributed by atoms with van der Waals surface area (Å²) in [5, 5.41) is 3.59. The van der Waals surface area contributed by atoms with E-state index in [0.717, 1.165) is 10.1 Å². The quantitative estimate of drug-likeness (QED) is 0.800. The SMILES string of the molecule is CC(C)(CNC(=O)c1sc2ccccc2c1N)C(N)=O. The molecule has 0 aliphatic carbocycles. The van der Waals surface area contributed by atoms with Crippen LogP contribution in [0.25, 0.3) is 10.1 Å². The van der Waals surface area contributed by atoms with Crippen molar-refractivity contribution >= 4 is 38.9 Å². The average Bonchev–Trinajstić information content (AvgIpc) is 2.74. The molecule has 0 unspecified atom stereocenters. The van der Waals surface area contributed by atoms with Gasteiger partial charge in [0.2, 0.25) is 5.91 Å². The van der Waals surface area contributed by atoms with Gasteiger partial charge in [0, 0.05) is 16.6 Å². The number of carbonyl (C=O) groups is 2. The van der Waals surface area contributed by atoms with Crippen molar-refractivity contribution in [2.45, 2.75) is 13.8 Å². The van der Waals surface area contributed by atoms with Crippen LogP contribution in [-0.2, 0) is 4.79 Å². The van der Waals surface area contributed by atoms with Gasteiger partial charge in [-0.05, 0) is 19.9 Å². The number of amides is 2. The van der Waals surface area contributed by atoms with Crippen molar-refractivity contribution < 1.29 is 9.59 Å². The largest absolute Gasteiger partial charge is 0.397 e. The van der Waals surface area contributed by atoms with E-state index in [0.29, 0.717) is 10.6 Å². The Morgan fingerprint density at radius 1 is 1.30 bits per heavy atom. The fourth-order valence-corrected chi connectivity index (χ4v) is 2.74. The van der Waals surface area contributed by atoms with Crippen LogP contribution in [0.2, 0.25) is 0 Å². The second kappa shape index (κ2) is 5.13. The predicted octanol–water partition coefficient (Wildman–Crippen LogP) is 1.72. The van der Waals surface area contributed by atoms with Gasteiger partial charge in [0.05, 0.1) is 11.1 Å². The average molecular weight is 291 g/mol. The Kier molecular flexibility index (Phi) is 3.67. The maximum Gasteiger partial charge on any atom is 0.263 e. The van der Waals surface area contributed by atoms with Gasteiger partial charge in [0.1, 0.15) is 4.88 Å². The van der Waals surface area contributed by atoms with E-state index in [1.165, 1.54) is 11.3 Å². The van der Waals surface area contributed by atoms with Crippen LogP contribution in [0, 0.1) is 5.41 Å². The van der Waals surface area contributed by atoms with E-state index in [9.17, 15) is 9.59 Å². The third-order valence-electron chi connectivity index (χ3n) is 3.20. The fourth-order valence-electron chi connectivity index (χ4n) is 1.70. The molecule has 2 rings (SSSR count). The summed E-state index contributed by atoms with van der Waals surface area (Å²) in [6.07, 6.45) is 0. The van der Waals surface area contributed by atoms with Crippen LogP contribution >= 0.6 is 11.3 Å². The molecular formula is C14H17N3O2S. The molecule has 0 fully saturated rings. The fraction of sp³-hybridized carbons (Fsp3) is 0.286. The monoisotopic (exact) mass is 291 g/mol. The van der Waals surface area contributed by atoms with Gasteiger partial charge in [-0.25, -0.2) is 0 Å². The first kappa shape index (κ1) is 14.3. The highest BCUT2D eigenvalue weighted by atomic mass is 32.1. The standard InChI is InChI=1S/C14H17N3O2S/c1-14(2,13(16)19)7-17-12(18)11-10(15)8-5-3-4-6-9(8)20-11/h3-6H,7,15H2,1-2H3,(H2,16,19)(H,17,18). The Balaban J connectivity index is 2.20. The molecule has 1 aromatic heterocycles. The van der Waals surface area contributed by atoms with Crippen molar-refractivity contribution in [1.82, 2.24) is 5.32 Å². The lowest BCUT2D eigenvalue weighted by atomic mass is 9.93. The summed E-state index contributed by atoms with van der Waals surface area (Å²) >= 11 is 1.34. The maximum atomic E-state index is 12.2. The zero-order chi connectivity index (χ0) is 14.9. The lowest BCUT2D eigenvalue weighted by Gasteiger charge is -2.20. The van der Waals surface area contributed by atoms with Crippen molar-refractivity contribution in [3.05, 3.63) is 29.1 Å². The number of carbonyl (C=O) groups excluding carboxylic acids is 2. The summed E-state index contributed by atoms with van der Waals surface area (Å²) in [6, 6.07) is 7.57. The molecule has 0 atom stereocenters. The molecule has 5 nitrogen and oxygen atoms in total. The molecule has 0 aliphatic rings. The number of nitrogens with two attached hydrogens (primary N) is 2. The molecule has 0 radical (unpaired) electrons. The first-order valence-corrected chi connectivity index (χ1v) is 6.99. The van der Waals surface area contributed by atoms with Crippen LogP contribution in [-0.4, -0.2) is 18.4 Å². The lowest BCUT2D eigenvalue weighted by Crippen LogP contribution is -2.42. The van der Waals surface area contributed by atoms with Crippen LogP contribution in [0.1, 0.15) is 23.5 Å². The Morgan fingerprint density at radius 3 is 2.55 bits per heavy atom. The number of anilines is 1. The van der Waals surface area contributed by atoms with Gasteiger partial charge < -0.3 is 16.8 Å². The van der Waals surface area contributed by atoms with Crippen molar-refractivity contribution in [2.75, 3.05) is 12.3 Å². The Hall–Kier alpha value is -2.08. The Morgan fingerprint density at radius 2 is 1.95 bits per heavy atom. The zero-order valence-electron chi connectivity index (χ0n) is 11.4. The van der Waals surface area contributed by atoms with Gasteiger partial charge in [-0.1, -0.05) is 18.2 Å². The van der Waals surface area contributed by atoms with Crippen LogP contribution < -0.4 is 16.8 Å². The Bertz CT molecular complexity index is 676. The summed E-state index contributed by atoms with van der Waals surface area (Å²) < 4.78 is 0.962. The zero-order valence-corrected chi connectivity index (χ0v) is 12.2. The lowest BCUT2D eigenvalue weighted by molar-refractivity contribution is -0.125. The van der Waals surface area contributed by atoms with Crippen molar-refractivity contribution in [3.63, 3.8) is 0 Å². The van der Waals surface area contributed by atoms with Gasteiger partial charge in [0.25, 0.3) is 5.91 Å². The van der Waals surface area contributed by atoms with Crippen LogP contribution in [0.4, 0.5) is 5.69 Å². The van der Waals surface area contributed by atoms with Gasteiger partial charge in [-0.2, -0.15) is 0 Å². The van der Waals surface area contributed by atoms with E-state index in [1.807, 2.05) is 24.3 Å². The van der Waals surface area contributed by atoms with Crippen LogP contribution in [0.5, 0.6) is 0 Å². The van der Waals surface area contributed by atoms with Gasteiger partial charge in [-0.15, -0.1) is 11.3 Å². The molecule has 0 saturated carbocycles. The first-order chi connectivity index (χ1) is 9.33. The predicted molar refractivity (Wildman–Crippen MR) is 81.5 cm³/mol. The van der Waals surface area contributed by atoms with Crippen LogP contribution in [0.3, 0.4) is 0 Å². The number of hydrogen-bond donors (Lipinski definition) is 3. The molecule has 106 valence electrons. The molecule has 1 aromatic carbocycles. The number of thiophene rings is 1. The summed E-state index contributed by atoms with van der Waals surface area (Å²) in [4.78, 5) is 23.9. The van der Waals surface area contributed by atoms with Crippen molar-refractivity contribution in [1.29, 1.82) is 0 Å². The minimum absolute atomic E-state index is 0.175. The molecule has 1 heterocycles. The summed E-state index contributed by atoms with van der Waals surface area (Å²) in [6.45, 7) is 3.54. The number of benzene rings is 1. The molecule has 0 bridgehead atoms. The topological polar surface area (TPSA) is 98.2 Å². The molecular weight excluding hydrogens is 274 g/mol. The molecule has 6 heteroatoms. The van der Waals surface area contributed by atoms with Crippen LogP contribution in [0.15, 0.2) is 24.3 Å². The normalized spacial score (nSPS) is 11.5. The van der Waals surface area contributed by atoms with Crippen molar-refractivity contribution in [3.8, 4) is 0 Å². The van der Waals surface area contributed by atoms with Gasteiger partial charge in [0.15, 0.2) is 0 Å². The third kappa shape index (κ3) is 2.60. The van der Waals surface area contributed by atoms with E-state index in [4.69, 9.17) is 11.5 Å². The van der Waals surface area contributed by atoms with E-state index >= 15 is 0 Å². The minimum Gasteiger partial charge on any atom is -0.397 e. The molecule has 2 amide bonds. The van der Waals surface area contributed by atoms with E-state index in [1.54, 1.807) is 13.8 Å². The highest BCUT2D eigenvalue weighted by Gasteiger charge is 2.26. The number of hydrogen-bond acceptors (Lipinski definition) is 4. The molecule has 5 N–H and O–H groups in total. The molecule has 2 aromatic rings. The first-order valence-electron chi connectivity index (χ1n) is 6.18. The Labute approximate surface area is 120 Å². The summed E-state index contributed by atoms with van der Waals surface area (Å²) in [5.74, 6) is -0.736. The number of nitrogens with one attached hydrogen (secondary N) is 1. The van der Waals surface area contributed by atoms with E-state index < -0.39 is 11.3 Å². The molecule has 20 heavy (non-hydrogen) atoms. The highest BCUT2D eigenvalue weighted by Crippen LogP contribution is 2.33. The van der Waals surface area contributed by atoms with Gasteiger partial charge in [-0.3, -0.25) is 9.59 Å². The minimum atomic E-state index is -0.791. The second-order valence-corrected chi connectivity index (χ2v) is 6.32. The van der Waals surface area contributed by atoms with Crippen molar-refractivity contribution in [2.24, 2.45) is 11.1 Å². The summed E-state index contributed by atoms with van der Waals surface area (Å²) in [5.41, 5.74) is 11.0. The maximum absolute atomic E-state index is 12.2. The number of fused-ring (bicyclic) bond motifs is 1. The second-order valence-electron chi connectivity index (χ2n) is 5.27. The number of nitrogen functional groups attached to an aromatic ring is 1. The smallest absolute Gasteiger partial charge is 0.263 e. The third-order valence-corrected chi connectivity index (χ3v) is 4.38. The number of rotatable bonds is 4. The van der Waals surface area contributed by atoms with Gasteiger partial charge >= 0.3 is 0 Å². The molecule has 0 saturated heterocycles. The van der Waals surface area contributed by atoms with E-state index in [-0.39, 0.29) is 12.5 Å². The number of primary amides is 1. The molecule has 0 spiro atoms. The van der Waals surface area contributed by atoms with E-state index in [2.05, 4.69) is 5.32 Å². The summed E-state index contributed by atoms with van der Waals surface area (Å²) in [7, 11) is 0. The highest BCUT2D eigenvalue weighted by molar-refractivity contribution is 7.21.